The number of benzene rings is 1. The Bertz CT molecular complexity index is 835. The van der Waals surface area contributed by atoms with Crippen molar-refractivity contribution in [1.29, 1.82) is 0 Å². The maximum Gasteiger partial charge on any atom is 0.130 e. The van der Waals surface area contributed by atoms with Gasteiger partial charge in [-0.2, -0.15) is 0 Å². The number of halogens is 1. The second-order valence-corrected chi connectivity index (χ2v) is 8.71. The molecule has 1 aromatic heterocycles. The minimum Gasteiger partial charge on any atom is -0.371 e. The largest absolute Gasteiger partial charge is 0.371 e. The number of hydrogen-bond acceptors (Lipinski definition) is 4. The SMILES string of the molecule is Fc1cccc(N2CCC[C@H]3[C@@H]2CCCN3c2cc(N3CCCCC3)ccn2)c1. The average Bonchev–Trinajstić information content (AvgIpc) is 2.79. The summed E-state index contributed by atoms with van der Waals surface area (Å²) in [6, 6.07) is 12.5. The standard InChI is InChI=1S/C24H31FN4/c25-19-7-4-8-21(17-19)28-15-5-10-23-22(28)9-6-16-29(23)24-18-20(11-12-26-24)27-13-2-1-3-14-27/h4,7-8,11-12,17-18,22-23H,1-3,5-6,9-10,13-16H2/t22-,23-/m0/s1. The lowest BCUT2D eigenvalue weighted by Gasteiger charge is -2.50. The van der Waals surface area contributed by atoms with Crippen LogP contribution < -0.4 is 14.7 Å². The molecule has 2 aromatic rings. The molecule has 0 bridgehead atoms. The van der Waals surface area contributed by atoms with Crippen LogP contribution in [0.15, 0.2) is 42.6 Å². The van der Waals surface area contributed by atoms with E-state index in [2.05, 4.69) is 32.9 Å². The summed E-state index contributed by atoms with van der Waals surface area (Å²) in [6.07, 6.45) is 10.6. The molecule has 3 aliphatic rings. The fourth-order valence-electron chi connectivity index (χ4n) is 5.56. The van der Waals surface area contributed by atoms with Gasteiger partial charge < -0.3 is 14.7 Å². The van der Waals surface area contributed by atoms with Crippen molar-refractivity contribution in [2.75, 3.05) is 40.9 Å². The molecule has 5 heteroatoms. The zero-order valence-corrected chi connectivity index (χ0v) is 17.1. The molecule has 3 fully saturated rings. The van der Waals surface area contributed by atoms with Crippen LogP contribution in [-0.2, 0) is 0 Å². The number of anilines is 3. The van der Waals surface area contributed by atoms with E-state index in [1.165, 1.54) is 43.9 Å². The van der Waals surface area contributed by atoms with Gasteiger partial charge >= 0.3 is 0 Å². The van der Waals surface area contributed by atoms with Crippen molar-refractivity contribution < 1.29 is 4.39 Å². The van der Waals surface area contributed by atoms with Crippen molar-refractivity contribution in [1.82, 2.24) is 4.98 Å². The van der Waals surface area contributed by atoms with Crippen LogP contribution in [0.4, 0.5) is 21.6 Å². The van der Waals surface area contributed by atoms with Gasteiger partial charge in [-0.15, -0.1) is 0 Å². The lowest BCUT2D eigenvalue weighted by Crippen LogP contribution is -2.59. The van der Waals surface area contributed by atoms with Crippen molar-refractivity contribution in [3.63, 3.8) is 0 Å². The van der Waals surface area contributed by atoms with Gasteiger partial charge in [0.2, 0.25) is 0 Å². The van der Waals surface area contributed by atoms with E-state index in [1.54, 1.807) is 6.07 Å². The molecule has 1 aromatic carbocycles. The van der Waals surface area contributed by atoms with Gasteiger partial charge in [0.1, 0.15) is 11.6 Å². The number of pyridine rings is 1. The predicted octanol–water partition coefficient (Wildman–Crippen LogP) is 4.85. The lowest BCUT2D eigenvalue weighted by atomic mass is 9.87. The van der Waals surface area contributed by atoms with Crippen LogP contribution in [0.1, 0.15) is 44.9 Å². The highest BCUT2D eigenvalue weighted by Crippen LogP contribution is 2.36. The third kappa shape index (κ3) is 3.79. The van der Waals surface area contributed by atoms with Crippen LogP contribution in [0.5, 0.6) is 0 Å². The first kappa shape index (κ1) is 18.7. The van der Waals surface area contributed by atoms with E-state index < -0.39 is 0 Å². The number of hydrogen-bond donors (Lipinski definition) is 0. The first-order valence-corrected chi connectivity index (χ1v) is 11.3. The highest BCUT2D eigenvalue weighted by Gasteiger charge is 2.38. The third-order valence-corrected chi connectivity index (χ3v) is 6.93. The van der Waals surface area contributed by atoms with Crippen LogP contribution in [0.3, 0.4) is 0 Å². The molecule has 0 N–H and O–H groups in total. The molecule has 4 nitrogen and oxygen atoms in total. The van der Waals surface area contributed by atoms with Crippen LogP contribution in [-0.4, -0.2) is 43.2 Å². The summed E-state index contributed by atoms with van der Waals surface area (Å²) in [5.41, 5.74) is 2.34. The molecule has 5 rings (SSSR count). The molecular weight excluding hydrogens is 363 g/mol. The Labute approximate surface area is 173 Å². The quantitative estimate of drug-likeness (QED) is 0.742. The summed E-state index contributed by atoms with van der Waals surface area (Å²) < 4.78 is 13.9. The molecule has 3 saturated heterocycles. The number of nitrogens with zero attached hydrogens (tertiary/aromatic N) is 4. The molecular formula is C24H31FN4. The van der Waals surface area contributed by atoms with E-state index in [9.17, 15) is 4.39 Å². The summed E-state index contributed by atoms with van der Waals surface area (Å²) in [7, 11) is 0. The maximum absolute atomic E-state index is 13.9. The number of rotatable bonds is 3. The zero-order chi connectivity index (χ0) is 19.6. The average molecular weight is 395 g/mol. The molecule has 0 aliphatic carbocycles. The van der Waals surface area contributed by atoms with Gasteiger partial charge in [-0.05, 0) is 69.2 Å². The second-order valence-electron chi connectivity index (χ2n) is 8.71. The molecule has 0 saturated carbocycles. The first-order chi connectivity index (χ1) is 14.3. The minimum absolute atomic E-state index is 0.145. The monoisotopic (exact) mass is 394 g/mol. The van der Waals surface area contributed by atoms with E-state index >= 15 is 0 Å². The van der Waals surface area contributed by atoms with Gasteiger partial charge in [-0.3, -0.25) is 0 Å². The van der Waals surface area contributed by atoms with Crippen molar-refractivity contribution in [3.8, 4) is 0 Å². The van der Waals surface area contributed by atoms with E-state index in [-0.39, 0.29) is 5.82 Å². The van der Waals surface area contributed by atoms with Crippen molar-refractivity contribution >= 4 is 17.2 Å². The van der Waals surface area contributed by atoms with E-state index in [0.717, 1.165) is 50.5 Å². The number of fused-ring (bicyclic) bond motifs is 1. The summed E-state index contributed by atoms with van der Waals surface area (Å²) in [4.78, 5) is 12.3. The van der Waals surface area contributed by atoms with Gasteiger partial charge in [-0.1, -0.05) is 6.07 Å². The zero-order valence-electron chi connectivity index (χ0n) is 17.1. The predicted molar refractivity (Wildman–Crippen MR) is 117 cm³/mol. The van der Waals surface area contributed by atoms with Gasteiger partial charge in [0.05, 0.1) is 6.04 Å². The van der Waals surface area contributed by atoms with Crippen molar-refractivity contribution in [2.45, 2.75) is 57.0 Å². The smallest absolute Gasteiger partial charge is 0.130 e. The number of aromatic nitrogens is 1. The molecule has 0 radical (unpaired) electrons. The summed E-state index contributed by atoms with van der Waals surface area (Å²) in [5.74, 6) is 0.969. The van der Waals surface area contributed by atoms with Crippen LogP contribution in [0.25, 0.3) is 0 Å². The topological polar surface area (TPSA) is 22.6 Å². The van der Waals surface area contributed by atoms with E-state index in [4.69, 9.17) is 4.98 Å². The Morgan fingerprint density at radius 3 is 2.31 bits per heavy atom. The Balaban J connectivity index is 1.40. The Morgan fingerprint density at radius 1 is 0.759 bits per heavy atom. The van der Waals surface area contributed by atoms with Gasteiger partial charge in [0.15, 0.2) is 0 Å². The van der Waals surface area contributed by atoms with E-state index in [0.29, 0.717) is 12.1 Å². The van der Waals surface area contributed by atoms with E-state index in [1.807, 2.05) is 12.3 Å². The first-order valence-electron chi connectivity index (χ1n) is 11.3. The van der Waals surface area contributed by atoms with Crippen molar-refractivity contribution in [2.24, 2.45) is 0 Å². The summed E-state index contributed by atoms with van der Waals surface area (Å²) in [6.45, 7) is 4.39. The molecule has 0 unspecified atom stereocenters. The Hall–Kier alpha value is -2.30. The highest BCUT2D eigenvalue weighted by molar-refractivity contribution is 5.57. The third-order valence-electron chi connectivity index (χ3n) is 6.93. The van der Waals surface area contributed by atoms with Crippen LogP contribution in [0.2, 0.25) is 0 Å². The molecule has 154 valence electrons. The number of piperidine rings is 3. The molecule has 4 heterocycles. The lowest BCUT2D eigenvalue weighted by molar-refractivity contribution is 0.321. The maximum atomic E-state index is 13.9. The second kappa shape index (κ2) is 8.21. The van der Waals surface area contributed by atoms with Gasteiger partial charge in [-0.25, -0.2) is 9.37 Å². The molecule has 0 spiro atoms. The summed E-state index contributed by atoms with van der Waals surface area (Å²) >= 11 is 0. The highest BCUT2D eigenvalue weighted by atomic mass is 19.1. The fraction of sp³-hybridized carbons (Fsp3) is 0.542. The van der Waals surface area contributed by atoms with Crippen molar-refractivity contribution in [3.05, 3.63) is 48.4 Å². The van der Waals surface area contributed by atoms with Crippen LogP contribution in [0, 0.1) is 5.82 Å². The van der Waals surface area contributed by atoms with Gasteiger partial charge in [0.25, 0.3) is 0 Å². The summed E-state index contributed by atoms with van der Waals surface area (Å²) in [5, 5.41) is 0. The Kier molecular flexibility index (Phi) is 5.30. The van der Waals surface area contributed by atoms with Crippen LogP contribution >= 0.6 is 0 Å². The fourth-order valence-corrected chi connectivity index (χ4v) is 5.56. The molecule has 29 heavy (non-hydrogen) atoms. The Morgan fingerprint density at radius 2 is 1.52 bits per heavy atom. The molecule has 3 aliphatic heterocycles. The van der Waals surface area contributed by atoms with Gasteiger partial charge in [0, 0.05) is 55.9 Å². The minimum atomic E-state index is -0.145. The normalized spacial score (nSPS) is 25.1. The molecule has 2 atom stereocenters. The molecule has 0 amide bonds.